The predicted molar refractivity (Wildman–Crippen MR) is 97.7 cm³/mol. The molecule has 0 bridgehead atoms. The van der Waals surface area contributed by atoms with Crippen molar-refractivity contribution < 1.29 is 18.0 Å². The van der Waals surface area contributed by atoms with Crippen LogP contribution in [0.15, 0.2) is 12.3 Å². The number of halogens is 5. The number of carbonyl (C=O) groups excluding carboxylic acids is 1. The number of nitrogens with two attached hydrogens (primary N) is 1. The number of rotatable bonds is 4. The van der Waals surface area contributed by atoms with E-state index in [1.165, 1.54) is 0 Å². The van der Waals surface area contributed by atoms with E-state index in [0.29, 0.717) is 38.3 Å². The van der Waals surface area contributed by atoms with Crippen molar-refractivity contribution in [2.24, 2.45) is 11.7 Å². The highest BCUT2D eigenvalue weighted by molar-refractivity contribution is 6.33. The SMILES string of the molecule is CC(C)(CN)NC(=O)C1CCN(c2ncc(C(F)(F)F)cc2Cl)CC1.Cl. The number of nitrogens with one attached hydrogen (secondary N) is 1. The molecule has 1 aromatic rings. The molecule has 2 rings (SSSR count). The largest absolute Gasteiger partial charge is 0.417 e. The molecule has 0 aromatic carbocycles. The first-order chi connectivity index (χ1) is 11.5. The van der Waals surface area contributed by atoms with Gasteiger partial charge in [-0.3, -0.25) is 4.79 Å². The topological polar surface area (TPSA) is 71.2 Å². The fraction of sp³-hybridized carbons (Fsp3) is 0.625. The van der Waals surface area contributed by atoms with Crippen LogP contribution in [-0.4, -0.2) is 36.1 Å². The van der Waals surface area contributed by atoms with E-state index in [1.54, 1.807) is 4.90 Å². The summed E-state index contributed by atoms with van der Waals surface area (Å²) in [6, 6.07) is 0.881. The van der Waals surface area contributed by atoms with E-state index in [2.05, 4.69) is 10.3 Å². The van der Waals surface area contributed by atoms with Crippen LogP contribution < -0.4 is 16.0 Å². The van der Waals surface area contributed by atoms with E-state index < -0.39 is 17.3 Å². The van der Waals surface area contributed by atoms with Gasteiger partial charge < -0.3 is 16.0 Å². The Hall–Kier alpha value is -1.25. The second-order valence-corrected chi connectivity index (χ2v) is 7.27. The smallest absolute Gasteiger partial charge is 0.355 e. The van der Waals surface area contributed by atoms with Crippen LogP contribution >= 0.6 is 24.0 Å². The van der Waals surface area contributed by atoms with Gasteiger partial charge in [0.2, 0.25) is 5.91 Å². The zero-order chi connectivity index (χ0) is 18.8. The first-order valence-corrected chi connectivity index (χ1v) is 8.41. The van der Waals surface area contributed by atoms with Crippen LogP contribution in [0.3, 0.4) is 0 Å². The summed E-state index contributed by atoms with van der Waals surface area (Å²) in [5, 5.41) is 2.88. The van der Waals surface area contributed by atoms with E-state index in [-0.39, 0.29) is 29.3 Å². The molecule has 0 radical (unpaired) electrons. The Morgan fingerprint density at radius 2 is 1.96 bits per heavy atom. The molecule has 10 heteroatoms. The monoisotopic (exact) mass is 414 g/mol. The third kappa shape index (κ3) is 5.62. The summed E-state index contributed by atoms with van der Waals surface area (Å²) in [7, 11) is 0. The van der Waals surface area contributed by atoms with Crippen LogP contribution in [0.1, 0.15) is 32.3 Å². The molecule has 3 N–H and O–H groups in total. The first-order valence-electron chi connectivity index (χ1n) is 8.03. The average Bonchev–Trinajstić information content (AvgIpc) is 2.53. The van der Waals surface area contributed by atoms with Gasteiger partial charge in [0.15, 0.2) is 0 Å². The number of aromatic nitrogens is 1. The Bertz CT molecular complexity index is 632. The molecule has 26 heavy (non-hydrogen) atoms. The zero-order valence-electron chi connectivity index (χ0n) is 14.6. The van der Waals surface area contributed by atoms with Crippen LogP contribution in [0, 0.1) is 5.92 Å². The Balaban J connectivity index is 0.00000338. The third-order valence-electron chi connectivity index (χ3n) is 4.29. The summed E-state index contributed by atoms with van der Waals surface area (Å²) in [6.45, 7) is 5.04. The molecule has 1 aromatic heterocycles. The molecule has 1 saturated heterocycles. The van der Waals surface area contributed by atoms with E-state index in [0.717, 1.165) is 12.3 Å². The minimum Gasteiger partial charge on any atom is -0.355 e. The minimum absolute atomic E-state index is 0. The molecular formula is C16H23Cl2F3N4O. The lowest BCUT2D eigenvalue weighted by Gasteiger charge is -2.34. The molecule has 0 atom stereocenters. The predicted octanol–water partition coefficient (Wildman–Crippen LogP) is 3.25. The number of hydrogen-bond acceptors (Lipinski definition) is 4. The van der Waals surface area contributed by atoms with Gasteiger partial charge in [-0.15, -0.1) is 12.4 Å². The molecule has 0 spiro atoms. The van der Waals surface area contributed by atoms with Crippen molar-refractivity contribution in [2.75, 3.05) is 24.5 Å². The maximum absolute atomic E-state index is 12.7. The van der Waals surface area contributed by atoms with Gasteiger partial charge in [0.05, 0.1) is 10.6 Å². The van der Waals surface area contributed by atoms with Crippen molar-refractivity contribution in [3.05, 3.63) is 22.8 Å². The summed E-state index contributed by atoms with van der Waals surface area (Å²) >= 11 is 5.98. The molecule has 1 amide bonds. The van der Waals surface area contributed by atoms with Crippen LogP contribution in [0.2, 0.25) is 5.02 Å². The number of anilines is 1. The normalized spacial score (nSPS) is 16.2. The van der Waals surface area contributed by atoms with Crippen LogP contribution in [-0.2, 0) is 11.0 Å². The van der Waals surface area contributed by atoms with E-state index in [1.807, 2.05) is 13.8 Å². The second kappa shape index (κ2) is 8.63. The number of pyridine rings is 1. The number of carbonyl (C=O) groups is 1. The molecule has 0 saturated carbocycles. The molecule has 5 nitrogen and oxygen atoms in total. The summed E-state index contributed by atoms with van der Waals surface area (Å²) in [5.74, 6) is 0.104. The van der Waals surface area contributed by atoms with Crippen molar-refractivity contribution in [3.63, 3.8) is 0 Å². The molecule has 1 aliphatic rings. The Morgan fingerprint density at radius 1 is 1.38 bits per heavy atom. The van der Waals surface area contributed by atoms with Crippen molar-refractivity contribution in [1.82, 2.24) is 10.3 Å². The standard InChI is InChI=1S/C16H22ClF3N4O.ClH/c1-15(2,9-21)23-14(25)10-3-5-24(6-4-10)13-12(17)7-11(8-22-13)16(18,19)20;/h7-8,10H,3-6,9,21H2,1-2H3,(H,23,25);1H. The summed E-state index contributed by atoms with van der Waals surface area (Å²) in [6.07, 6.45) is -2.54. The Kier molecular flexibility index (Phi) is 7.56. The van der Waals surface area contributed by atoms with Gasteiger partial charge in [0, 0.05) is 37.3 Å². The number of hydrogen-bond donors (Lipinski definition) is 2. The van der Waals surface area contributed by atoms with Crippen molar-refractivity contribution in [1.29, 1.82) is 0 Å². The lowest BCUT2D eigenvalue weighted by atomic mass is 9.94. The lowest BCUT2D eigenvalue weighted by molar-refractivity contribution is -0.137. The number of amides is 1. The lowest BCUT2D eigenvalue weighted by Crippen LogP contribution is -2.52. The van der Waals surface area contributed by atoms with Crippen LogP contribution in [0.5, 0.6) is 0 Å². The number of alkyl halides is 3. The first kappa shape index (κ1) is 22.8. The summed E-state index contributed by atoms with van der Waals surface area (Å²) < 4.78 is 38.0. The highest BCUT2D eigenvalue weighted by Crippen LogP contribution is 2.34. The molecule has 0 unspecified atom stereocenters. The fourth-order valence-corrected chi connectivity index (χ4v) is 2.94. The molecule has 2 heterocycles. The number of piperidine rings is 1. The van der Waals surface area contributed by atoms with Gasteiger partial charge in [-0.05, 0) is 32.8 Å². The van der Waals surface area contributed by atoms with E-state index >= 15 is 0 Å². The average molecular weight is 415 g/mol. The molecule has 1 fully saturated rings. The van der Waals surface area contributed by atoms with Gasteiger partial charge in [-0.2, -0.15) is 13.2 Å². The fourth-order valence-electron chi connectivity index (χ4n) is 2.66. The van der Waals surface area contributed by atoms with Gasteiger partial charge in [0.1, 0.15) is 5.82 Å². The summed E-state index contributed by atoms with van der Waals surface area (Å²) in [4.78, 5) is 18.0. The highest BCUT2D eigenvalue weighted by atomic mass is 35.5. The molecule has 148 valence electrons. The zero-order valence-corrected chi connectivity index (χ0v) is 16.1. The van der Waals surface area contributed by atoms with E-state index in [9.17, 15) is 18.0 Å². The summed E-state index contributed by atoms with van der Waals surface area (Å²) in [5.41, 5.74) is 4.27. The van der Waals surface area contributed by atoms with Gasteiger partial charge in [-0.25, -0.2) is 4.98 Å². The second-order valence-electron chi connectivity index (χ2n) is 6.87. The Labute approximate surface area is 161 Å². The van der Waals surface area contributed by atoms with Gasteiger partial charge >= 0.3 is 6.18 Å². The van der Waals surface area contributed by atoms with Gasteiger partial charge in [-0.1, -0.05) is 11.6 Å². The highest BCUT2D eigenvalue weighted by Gasteiger charge is 2.33. The minimum atomic E-state index is -4.48. The van der Waals surface area contributed by atoms with E-state index in [4.69, 9.17) is 17.3 Å². The quantitative estimate of drug-likeness (QED) is 0.792. The molecule has 0 aliphatic carbocycles. The maximum atomic E-state index is 12.7. The van der Waals surface area contributed by atoms with Crippen molar-refractivity contribution >= 4 is 35.7 Å². The Morgan fingerprint density at radius 3 is 2.42 bits per heavy atom. The van der Waals surface area contributed by atoms with Crippen LogP contribution in [0.4, 0.5) is 19.0 Å². The van der Waals surface area contributed by atoms with Gasteiger partial charge in [0.25, 0.3) is 0 Å². The maximum Gasteiger partial charge on any atom is 0.417 e. The third-order valence-corrected chi connectivity index (χ3v) is 4.56. The van der Waals surface area contributed by atoms with Crippen molar-refractivity contribution in [3.8, 4) is 0 Å². The van der Waals surface area contributed by atoms with Crippen LogP contribution in [0.25, 0.3) is 0 Å². The van der Waals surface area contributed by atoms with Crippen molar-refractivity contribution in [2.45, 2.75) is 38.4 Å². The molecule has 1 aliphatic heterocycles. The number of nitrogens with zero attached hydrogens (tertiary/aromatic N) is 2. The molecular weight excluding hydrogens is 392 g/mol.